The second kappa shape index (κ2) is 9.06. The number of aromatic nitrogens is 4. The molecule has 0 radical (unpaired) electrons. The van der Waals surface area contributed by atoms with Gasteiger partial charge in [-0.2, -0.15) is 26.3 Å². The summed E-state index contributed by atoms with van der Waals surface area (Å²) >= 11 is 0. The van der Waals surface area contributed by atoms with Crippen molar-refractivity contribution in [2.45, 2.75) is 12.4 Å². The van der Waals surface area contributed by atoms with Crippen LogP contribution in [0.25, 0.3) is 68.4 Å². The van der Waals surface area contributed by atoms with Gasteiger partial charge in [-0.15, -0.1) is 0 Å². The quantitative estimate of drug-likeness (QED) is 0.190. The molecule has 42 heavy (non-hydrogen) atoms. The number of fused-ring (bicyclic) bond motifs is 2. The molecule has 0 unspecified atom stereocenters. The van der Waals surface area contributed by atoms with E-state index < -0.39 is 23.5 Å². The van der Waals surface area contributed by atoms with Gasteiger partial charge in [0.1, 0.15) is 11.0 Å². The van der Waals surface area contributed by atoms with Gasteiger partial charge in [0.25, 0.3) is 23.6 Å². The van der Waals surface area contributed by atoms with E-state index in [1.54, 1.807) is 12.1 Å². The molecule has 14 heteroatoms. The summed E-state index contributed by atoms with van der Waals surface area (Å²) in [4.78, 5) is 17.0. The van der Waals surface area contributed by atoms with Crippen LogP contribution in [0, 0.1) is 0 Å². The summed E-state index contributed by atoms with van der Waals surface area (Å²) in [7, 11) is 0. The van der Waals surface area contributed by atoms with Crippen LogP contribution >= 0.6 is 0 Å². The highest BCUT2D eigenvalue weighted by Gasteiger charge is 2.31. The van der Waals surface area contributed by atoms with Crippen molar-refractivity contribution >= 4 is 22.2 Å². The Kier molecular flexibility index (Phi) is 5.51. The minimum absolute atomic E-state index is 0.0157. The van der Waals surface area contributed by atoms with Crippen LogP contribution in [0.3, 0.4) is 0 Å². The molecule has 0 amide bonds. The van der Waals surface area contributed by atoms with Gasteiger partial charge in [-0.25, -0.2) is 19.9 Å². The average molecular weight is 582 g/mol. The van der Waals surface area contributed by atoms with Crippen molar-refractivity contribution in [1.82, 2.24) is 19.9 Å². The molecule has 4 heterocycles. The summed E-state index contributed by atoms with van der Waals surface area (Å²) < 4.78 is 99.9. The molecule has 0 aliphatic rings. The summed E-state index contributed by atoms with van der Waals surface area (Å²) in [5, 5.41) is 0. The molecular weight excluding hydrogens is 570 g/mol. The molecule has 8 nitrogen and oxygen atoms in total. The summed E-state index contributed by atoms with van der Waals surface area (Å²) in [6, 6.07) is 12.0. The van der Waals surface area contributed by atoms with Crippen LogP contribution in [-0.4, -0.2) is 19.9 Å². The maximum atomic E-state index is 12.8. The van der Waals surface area contributed by atoms with Crippen molar-refractivity contribution in [3.05, 3.63) is 84.2 Å². The van der Waals surface area contributed by atoms with E-state index in [0.29, 0.717) is 33.3 Å². The van der Waals surface area contributed by atoms with Gasteiger partial charge in [-0.3, -0.25) is 0 Å². The molecule has 7 rings (SSSR count). The lowest BCUT2D eigenvalue weighted by Crippen LogP contribution is -2.03. The molecule has 7 aromatic rings. The highest BCUT2D eigenvalue weighted by molar-refractivity contribution is 5.90. The van der Waals surface area contributed by atoms with Crippen LogP contribution < -0.4 is 0 Å². The van der Waals surface area contributed by atoms with Crippen molar-refractivity contribution in [2.75, 3.05) is 0 Å². The fourth-order valence-electron chi connectivity index (χ4n) is 4.19. The van der Waals surface area contributed by atoms with Crippen molar-refractivity contribution in [1.29, 1.82) is 0 Å². The monoisotopic (exact) mass is 582 g/mol. The third-order valence-corrected chi connectivity index (χ3v) is 6.27. The number of halogens is 6. The second-order valence-corrected chi connectivity index (χ2v) is 9.04. The third kappa shape index (κ3) is 4.56. The highest BCUT2D eigenvalue weighted by Crippen LogP contribution is 2.35. The van der Waals surface area contributed by atoms with Gasteiger partial charge in [0.05, 0.1) is 23.5 Å². The van der Waals surface area contributed by atoms with E-state index in [9.17, 15) is 26.3 Å². The molecule has 4 aromatic heterocycles. The number of nitrogens with zero attached hydrogens (tertiary/aromatic N) is 4. The molecule has 0 fully saturated rings. The molecule has 3 aromatic carbocycles. The number of benzene rings is 3. The first-order valence-electron chi connectivity index (χ1n) is 12.0. The highest BCUT2D eigenvalue weighted by atomic mass is 19.4. The van der Waals surface area contributed by atoms with Crippen LogP contribution in [-0.2, 0) is 12.4 Å². The molecule has 0 aliphatic carbocycles. The van der Waals surface area contributed by atoms with Crippen molar-refractivity contribution in [3.8, 4) is 46.2 Å². The number of hydrogen-bond acceptors (Lipinski definition) is 8. The first-order chi connectivity index (χ1) is 20.0. The Morgan fingerprint density at radius 2 is 0.857 bits per heavy atom. The second-order valence-electron chi connectivity index (χ2n) is 9.04. The van der Waals surface area contributed by atoms with Gasteiger partial charge in [-0.05, 0) is 24.3 Å². The lowest BCUT2D eigenvalue weighted by atomic mass is 10.1. The molecule has 0 aliphatic heterocycles. The van der Waals surface area contributed by atoms with Crippen LogP contribution in [0.15, 0.2) is 90.7 Å². The fraction of sp³-hybridized carbons (Fsp3) is 0.0714. The zero-order valence-electron chi connectivity index (χ0n) is 20.6. The molecule has 210 valence electrons. The predicted molar refractivity (Wildman–Crippen MR) is 133 cm³/mol. The minimum atomic E-state index is -4.45. The van der Waals surface area contributed by atoms with E-state index in [0.717, 1.165) is 24.3 Å². The smallest absolute Gasteiger partial charge is 0.416 e. The average Bonchev–Trinajstić information content (AvgIpc) is 3.75. The number of hydrogen-bond donors (Lipinski definition) is 0. The Balaban J connectivity index is 1.14. The van der Waals surface area contributed by atoms with Crippen molar-refractivity contribution in [3.63, 3.8) is 0 Å². The zero-order chi connectivity index (χ0) is 29.2. The molecule has 0 N–H and O–H groups in total. The number of oxazole rings is 4. The number of rotatable bonds is 4. The third-order valence-electron chi connectivity index (χ3n) is 6.27. The molecular formula is C28H12F6N4O4. The van der Waals surface area contributed by atoms with Crippen LogP contribution in [0.2, 0.25) is 0 Å². The summed E-state index contributed by atoms with van der Waals surface area (Å²) in [5.74, 6) is 0.545. The Hall–Kier alpha value is -5.40. The van der Waals surface area contributed by atoms with E-state index in [-0.39, 0.29) is 35.1 Å². The maximum Gasteiger partial charge on any atom is 0.416 e. The first kappa shape index (κ1) is 25.6. The van der Waals surface area contributed by atoms with E-state index in [1.807, 2.05) is 0 Å². The Morgan fingerprint density at radius 3 is 1.21 bits per heavy atom. The van der Waals surface area contributed by atoms with E-state index in [4.69, 9.17) is 17.7 Å². The van der Waals surface area contributed by atoms with Crippen molar-refractivity contribution < 1.29 is 44.0 Å². The molecule has 0 saturated heterocycles. The van der Waals surface area contributed by atoms with Crippen molar-refractivity contribution in [2.24, 2.45) is 0 Å². The van der Waals surface area contributed by atoms with Gasteiger partial charge in [0, 0.05) is 23.3 Å². The fourth-order valence-corrected chi connectivity index (χ4v) is 4.19. The Bertz CT molecular complexity index is 1870. The predicted octanol–water partition coefficient (Wildman–Crippen LogP) is 8.65. The Morgan fingerprint density at radius 1 is 0.476 bits per heavy atom. The SMILES string of the molecule is FC(F)(F)c1ccc(-c2cnc(-c3nc4cc5oc(-c6ncc(-c7ccc(C(F)(F)F)cc7)o6)nc5cc4o3)o2)cc1. The van der Waals surface area contributed by atoms with Gasteiger partial charge in [-0.1, -0.05) is 24.3 Å². The molecule has 0 bridgehead atoms. The summed E-state index contributed by atoms with van der Waals surface area (Å²) in [5.41, 5.74) is 0.621. The first-order valence-corrected chi connectivity index (χ1v) is 12.0. The van der Waals surface area contributed by atoms with Crippen LogP contribution in [0.4, 0.5) is 26.3 Å². The minimum Gasteiger partial charge on any atom is -0.432 e. The largest absolute Gasteiger partial charge is 0.432 e. The standard InChI is InChI=1S/C28H12F6N4O4/c29-27(30,31)15-5-1-13(2-6-15)21-11-35-23(41-21)25-37-17-9-20-18(10-19(17)39-25)38-26(40-20)24-36-12-22(42-24)14-3-7-16(8-4-14)28(32,33)34/h1-12H. The molecule has 0 spiro atoms. The number of alkyl halides is 6. The van der Waals surface area contributed by atoms with Crippen LogP contribution in [0.5, 0.6) is 0 Å². The summed E-state index contributed by atoms with van der Waals surface area (Å²) in [6.07, 6.45) is -6.21. The molecule has 0 saturated carbocycles. The summed E-state index contributed by atoms with van der Waals surface area (Å²) in [6.45, 7) is 0. The Labute approximate surface area is 229 Å². The lowest BCUT2D eigenvalue weighted by Gasteiger charge is -2.06. The van der Waals surface area contributed by atoms with E-state index in [1.165, 1.54) is 36.7 Å². The van der Waals surface area contributed by atoms with E-state index in [2.05, 4.69) is 19.9 Å². The van der Waals surface area contributed by atoms with Crippen LogP contribution in [0.1, 0.15) is 11.1 Å². The maximum absolute atomic E-state index is 12.8. The van der Waals surface area contributed by atoms with Gasteiger partial charge >= 0.3 is 12.4 Å². The lowest BCUT2D eigenvalue weighted by molar-refractivity contribution is -0.138. The molecule has 0 atom stereocenters. The van der Waals surface area contributed by atoms with Gasteiger partial charge < -0.3 is 17.7 Å². The zero-order valence-corrected chi connectivity index (χ0v) is 20.6. The normalized spacial score (nSPS) is 12.5. The topological polar surface area (TPSA) is 104 Å². The van der Waals surface area contributed by atoms with E-state index >= 15 is 0 Å². The van der Waals surface area contributed by atoms with Gasteiger partial charge in [0.15, 0.2) is 22.7 Å². The van der Waals surface area contributed by atoms with Gasteiger partial charge in [0.2, 0.25) is 0 Å².